The van der Waals surface area contributed by atoms with E-state index in [1.165, 1.54) is 4.57 Å². The second-order valence-electron chi connectivity index (χ2n) is 4.04. The lowest BCUT2D eigenvalue weighted by Gasteiger charge is -2.38. The van der Waals surface area contributed by atoms with Crippen molar-refractivity contribution in [3.05, 3.63) is 22.7 Å². The second-order valence-corrected chi connectivity index (χ2v) is 4.04. The van der Waals surface area contributed by atoms with Crippen molar-refractivity contribution in [2.45, 2.75) is 6.42 Å². The second kappa shape index (κ2) is 3.96. The van der Waals surface area contributed by atoms with Gasteiger partial charge in [0, 0.05) is 38.4 Å². The van der Waals surface area contributed by atoms with E-state index >= 15 is 0 Å². The molecule has 6 heteroatoms. The Morgan fingerprint density at radius 1 is 1.62 bits per heavy atom. The van der Waals surface area contributed by atoms with Crippen molar-refractivity contribution in [1.82, 2.24) is 9.55 Å². The van der Waals surface area contributed by atoms with E-state index in [0.29, 0.717) is 18.9 Å². The Morgan fingerprint density at radius 2 is 2.31 bits per heavy atom. The van der Waals surface area contributed by atoms with Crippen molar-refractivity contribution in [3.63, 3.8) is 0 Å². The van der Waals surface area contributed by atoms with E-state index in [9.17, 15) is 9.59 Å². The molecule has 0 spiro atoms. The molecule has 16 heavy (non-hydrogen) atoms. The molecule has 1 fully saturated rings. The van der Waals surface area contributed by atoms with Gasteiger partial charge >= 0.3 is 5.97 Å². The minimum absolute atomic E-state index is 0.129. The lowest BCUT2D eigenvalue weighted by Crippen LogP contribution is -2.50. The van der Waals surface area contributed by atoms with Crippen molar-refractivity contribution in [1.29, 1.82) is 0 Å². The van der Waals surface area contributed by atoms with Gasteiger partial charge in [0.05, 0.1) is 6.42 Å². The van der Waals surface area contributed by atoms with Crippen molar-refractivity contribution in [3.8, 4) is 0 Å². The van der Waals surface area contributed by atoms with Gasteiger partial charge in [-0.3, -0.25) is 9.59 Å². The third kappa shape index (κ3) is 1.91. The highest BCUT2D eigenvalue weighted by Crippen LogP contribution is 2.22. The summed E-state index contributed by atoms with van der Waals surface area (Å²) in [7, 11) is 1.67. The maximum Gasteiger partial charge on any atom is 0.303 e. The maximum atomic E-state index is 11.7. The van der Waals surface area contributed by atoms with Crippen molar-refractivity contribution in [2.75, 3.05) is 18.0 Å². The van der Waals surface area contributed by atoms with E-state index in [2.05, 4.69) is 4.98 Å². The summed E-state index contributed by atoms with van der Waals surface area (Å²) in [5.74, 6) is -0.255. The molecule has 1 aliphatic heterocycles. The maximum absolute atomic E-state index is 11.7. The molecule has 0 saturated carbocycles. The Morgan fingerprint density at radius 3 is 2.94 bits per heavy atom. The molecule has 0 amide bonds. The van der Waals surface area contributed by atoms with Crippen LogP contribution in [0.3, 0.4) is 0 Å². The SMILES string of the molecule is Cn1ccnc(N2CC(CC(=O)O)C2)c1=O. The van der Waals surface area contributed by atoms with Crippen LogP contribution in [0.2, 0.25) is 0 Å². The zero-order valence-electron chi connectivity index (χ0n) is 8.96. The van der Waals surface area contributed by atoms with Gasteiger partial charge in [0.2, 0.25) is 0 Å². The molecule has 1 saturated heterocycles. The Balaban J connectivity index is 2.04. The van der Waals surface area contributed by atoms with Crippen LogP contribution in [0.1, 0.15) is 6.42 Å². The Kier molecular flexibility index (Phi) is 2.64. The topological polar surface area (TPSA) is 75.4 Å². The van der Waals surface area contributed by atoms with Crippen molar-refractivity contribution >= 4 is 11.8 Å². The van der Waals surface area contributed by atoms with Gasteiger partial charge in [0.25, 0.3) is 5.56 Å². The van der Waals surface area contributed by atoms with E-state index in [4.69, 9.17) is 5.11 Å². The van der Waals surface area contributed by atoms with E-state index in [1.54, 1.807) is 19.4 Å². The molecule has 0 radical (unpaired) electrons. The Labute approximate surface area is 92.1 Å². The molecule has 2 rings (SSSR count). The molecule has 0 bridgehead atoms. The summed E-state index contributed by atoms with van der Waals surface area (Å²) in [4.78, 5) is 28.0. The highest BCUT2D eigenvalue weighted by atomic mass is 16.4. The van der Waals surface area contributed by atoms with Crippen LogP contribution in [0.15, 0.2) is 17.2 Å². The number of aromatic nitrogens is 2. The summed E-state index contributed by atoms with van der Waals surface area (Å²) in [6.07, 6.45) is 3.32. The predicted octanol–water partition coefficient (Wildman–Crippen LogP) is -0.309. The number of hydrogen-bond acceptors (Lipinski definition) is 4. The standard InChI is InChI=1S/C10H13N3O3/c1-12-3-2-11-9(10(12)16)13-5-7(6-13)4-8(14)15/h2-3,7H,4-6H2,1H3,(H,14,15). The number of carboxylic acid groups (broad SMARTS) is 1. The van der Waals surface area contributed by atoms with Crippen LogP contribution in [0, 0.1) is 5.92 Å². The summed E-state index contributed by atoms with van der Waals surface area (Å²) in [5.41, 5.74) is -0.142. The normalized spacial score (nSPS) is 15.9. The number of hydrogen-bond donors (Lipinski definition) is 1. The first kappa shape index (κ1) is 10.7. The van der Waals surface area contributed by atoms with Gasteiger partial charge < -0.3 is 14.6 Å². The van der Waals surface area contributed by atoms with Gasteiger partial charge in [0.1, 0.15) is 0 Å². The monoisotopic (exact) mass is 223 g/mol. The average molecular weight is 223 g/mol. The molecule has 6 nitrogen and oxygen atoms in total. The molecule has 86 valence electrons. The highest BCUT2D eigenvalue weighted by Gasteiger charge is 2.30. The summed E-state index contributed by atoms with van der Waals surface area (Å²) >= 11 is 0. The molecule has 1 aromatic rings. The summed E-state index contributed by atoms with van der Waals surface area (Å²) < 4.78 is 1.47. The molecule has 0 unspecified atom stereocenters. The number of aryl methyl sites for hydroxylation is 1. The molecule has 1 aliphatic rings. The van der Waals surface area contributed by atoms with E-state index in [1.807, 2.05) is 4.90 Å². The van der Waals surface area contributed by atoms with Crippen LogP contribution in [-0.2, 0) is 11.8 Å². The smallest absolute Gasteiger partial charge is 0.303 e. The molecular formula is C10H13N3O3. The number of carboxylic acids is 1. The molecule has 0 atom stereocenters. The van der Waals surface area contributed by atoms with E-state index in [0.717, 1.165) is 0 Å². The first-order valence-corrected chi connectivity index (χ1v) is 5.06. The zero-order valence-corrected chi connectivity index (χ0v) is 8.96. The molecular weight excluding hydrogens is 210 g/mol. The average Bonchev–Trinajstić information content (AvgIpc) is 2.16. The van der Waals surface area contributed by atoms with E-state index in [-0.39, 0.29) is 17.9 Å². The third-order valence-electron chi connectivity index (χ3n) is 2.72. The van der Waals surface area contributed by atoms with Gasteiger partial charge in [-0.15, -0.1) is 0 Å². The van der Waals surface area contributed by atoms with Crippen LogP contribution in [0.25, 0.3) is 0 Å². The minimum Gasteiger partial charge on any atom is -0.481 e. The van der Waals surface area contributed by atoms with Crippen LogP contribution in [0.5, 0.6) is 0 Å². The summed E-state index contributed by atoms with van der Waals surface area (Å²) in [6, 6.07) is 0. The fourth-order valence-corrected chi connectivity index (χ4v) is 1.82. The molecule has 1 N–H and O–H groups in total. The van der Waals surface area contributed by atoms with Gasteiger partial charge in [-0.2, -0.15) is 0 Å². The summed E-state index contributed by atoms with van der Waals surface area (Å²) in [5, 5.41) is 8.60. The largest absolute Gasteiger partial charge is 0.481 e. The summed E-state index contributed by atoms with van der Waals surface area (Å²) in [6.45, 7) is 1.19. The Bertz CT molecular complexity index is 463. The first-order valence-electron chi connectivity index (χ1n) is 5.06. The number of anilines is 1. The van der Waals surface area contributed by atoms with Crippen LogP contribution >= 0.6 is 0 Å². The molecule has 0 aliphatic carbocycles. The number of aliphatic carboxylic acids is 1. The number of nitrogens with zero attached hydrogens (tertiary/aromatic N) is 3. The predicted molar refractivity (Wildman–Crippen MR) is 57.4 cm³/mol. The lowest BCUT2D eigenvalue weighted by atomic mass is 9.97. The lowest BCUT2D eigenvalue weighted by molar-refractivity contribution is -0.138. The quantitative estimate of drug-likeness (QED) is 0.760. The minimum atomic E-state index is -0.793. The third-order valence-corrected chi connectivity index (χ3v) is 2.72. The highest BCUT2D eigenvalue weighted by molar-refractivity contribution is 5.67. The fourth-order valence-electron chi connectivity index (χ4n) is 1.82. The number of rotatable bonds is 3. The van der Waals surface area contributed by atoms with Crippen LogP contribution in [-0.4, -0.2) is 33.7 Å². The van der Waals surface area contributed by atoms with Crippen molar-refractivity contribution in [2.24, 2.45) is 13.0 Å². The molecule has 0 aromatic carbocycles. The van der Waals surface area contributed by atoms with Crippen LogP contribution < -0.4 is 10.5 Å². The zero-order chi connectivity index (χ0) is 11.7. The first-order chi connectivity index (χ1) is 7.58. The fraction of sp³-hybridized carbons (Fsp3) is 0.500. The molecule has 1 aromatic heterocycles. The number of carbonyl (C=O) groups is 1. The van der Waals surface area contributed by atoms with Crippen molar-refractivity contribution < 1.29 is 9.90 Å². The van der Waals surface area contributed by atoms with Gasteiger partial charge in [0.15, 0.2) is 5.82 Å². The van der Waals surface area contributed by atoms with Gasteiger partial charge in [-0.25, -0.2) is 4.98 Å². The van der Waals surface area contributed by atoms with E-state index < -0.39 is 5.97 Å². The molecule has 2 heterocycles. The Hall–Kier alpha value is -1.85. The van der Waals surface area contributed by atoms with Crippen LogP contribution in [0.4, 0.5) is 5.82 Å². The van der Waals surface area contributed by atoms with Gasteiger partial charge in [-0.1, -0.05) is 0 Å². The van der Waals surface area contributed by atoms with Gasteiger partial charge in [-0.05, 0) is 0 Å².